The first-order valence-electron chi connectivity index (χ1n) is 8.13. The van der Waals surface area contributed by atoms with Gasteiger partial charge < -0.3 is 15.4 Å². The zero-order valence-corrected chi connectivity index (χ0v) is 16.0. The van der Waals surface area contributed by atoms with Gasteiger partial charge in [0.2, 0.25) is 0 Å². The number of phenols is 1. The van der Waals surface area contributed by atoms with E-state index in [1.165, 1.54) is 16.9 Å². The van der Waals surface area contributed by atoms with Crippen LogP contribution in [0, 0.1) is 0 Å². The summed E-state index contributed by atoms with van der Waals surface area (Å²) < 4.78 is 0.680. The Bertz CT molecular complexity index is 1130. The van der Waals surface area contributed by atoms with Gasteiger partial charge in [-0.05, 0) is 48.7 Å². The number of aromatic amines is 1. The number of benzene rings is 2. The lowest BCUT2D eigenvalue weighted by Gasteiger charge is -2.13. The Morgan fingerprint density at radius 2 is 1.85 bits per heavy atom. The molecule has 0 aliphatic carbocycles. The van der Waals surface area contributed by atoms with E-state index in [4.69, 9.17) is 0 Å². The molecule has 2 heterocycles. The Morgan fingerprint density at radius 1 is 1.12 bits per heavy atom. The molecule has 2 aromatic carbocycles. The lowest BCUT2D eigenvalue weighted by Crippen LogP contribution is -2.11. The summed E-state index contributed by atoms with van der Waals surface area (Å²) in [4.78, 5) is 15.2. The third kappa shape index (κ3) is 2.88. The van der Waals surface area contributed by atoms with Crippen LogP contribution >= 0.6 is 23.7 Å². The van der Waals surface area contributed by atoms with Crippen LogP contribution in [0.25, 0.3) is 32.1 Å². The van der Waals surface area contributed by atoms with Gasteiger partial charge in [0.05, 0.1) is 0 Å². The van der Waals surface area contributed by atoms with Gasteiger partial charge in [0.25, 0.3) is 5.56 Å². The Hall–Kier alpha value is -2.34. The summed E-state index contributed by atoms with van der Waals surface area (Å²) in [5, 5.41) is 17.4. The van der Waals surface area contributed by atoms with Crippen LogP contribution < -0.4 is 10.9 Å². The maximum atomic E-state index is 12.2. The van der Waals surface area contributed by atoms with E-state index in [-0.39, 0.29) is 29.8 Å². The number of hydrogen-bond acceptors (Lipinski definition) is 4. The summed E-state index contributed by atoms with van der Waals surface area (Å²) in [6.45, 7) is 2.10. The van der Waals surface area contributed by atoms with Gasteiger partial charge in [-0.3, -0.25) is 4.79 Å². The van der Waals surface area contributed by atoms with Gasteiger partial charge in [-0.2, -0.15) is 0 Å². The van der Waals surface area contributed by atoms with Gasteiger partial charge >= 0.3 is 0 Å². The Balaban J connectivity index is 0.00000196. The van der Waals surface area contributed by atoms with Crippen LogP contribution in [-0.4, -0.2) is 17.1 Å². The minimum Gasteiger partial charge on any atom is -0.507 e. The fourth-order valence-electron chi connectivity index (χ4n) is 3.23. The van der Waals surface area contributed by atoms with Crippen molar-refractivity contribution in [2.24, 2.45) is 0 Å². The van der Waals surface area contributed by atoms with Crippen LogP contribution in [0.2, 0.25) is 0 Å². The summed E-state index contributed by atoms with van der Waals surface area (Å²) in [5.74, 6) is 0.210. The fraction of sp³-hybridized carbons (Fsp3) is 0.150. The maximum absolute atomic E-state index is 12.2. The van der Waals surface area contributed by atoms with E-state index in [1.807, 2.05) is 30.6 Å². The maximum Gasteiger partial charge on any atom is 0.266 e. The predicted molar refractivity (Wildman–Crippen MR) is 112 cm³/mol. The van der Waals surface area contributed by atoms with Crippen molar-refractivity contribution in [1.29, 1.82) is 0 Å². The quantitative estimate of drug-likeness (QED) is 0.473. The topological polar surface area (TPSA) is 65.1 Å². The van der Waals surface area contributed by atoms with Crippen LogP contribution in [0.15, 0.2) is 52.6 Å². The molecule has 0 radical (unpaired) electrons. The van der Waals surface area contributed by atoms with Crippen molar-refractivity contribution < 1.29 is 5.11 Å². The standard InChI is InChI=1S/C20H18N2O2S.ClH/c1-11(21-2)12-3-5-13(6-4-12)17-16(23)8-7-15-18(17)14-9-10-25-19(14)20(24)22-15;/h3-11,21,23H,1-2H3,(H,22,24);1H. The molecule has 6 heteroatoms. The van der Waals surface area contributed by atoms with Crippen LogP contribution in [0.4, 0.5) is 0 Å². The molecule has 0 amide bonds. The largest absolute Gasteiger partial charge is 0.507 e. The summed E-state index contributed by atoms with van der Waals surface area (Å²) in [6.07, 6.45) is 0. The highest BCUT2D eigenvalue weighted by molar-refractivity contribution is 7.17. The molecule has 4 rings (SSSR count). The molecule has 0 saturated heterocycles. The summed E-state index contributed by atoms with van der Waals surface area (Å²) in [5.41, 5.74) is 3.50. The van der Waals surface area contributed by atoms with E-state index >= 15 is 0 Å². The molecule has 0 saturated carbocycles. The number of aromatic nitrogens is 1. The number of halogens is 1. The van der Waals surface area contributed by atoms with Gasteiger partial charge in [0.1, 0.15) is 10.4 Å². The minimum absolute atomic E-state index is 0. The summed E-state index contributed by atoms with van der Waals surface area (Å²) in [6, 6.07) is 13.7. The first-order valence-corrected chi connectivity index (χ1v) is 9.01. The third-order valence-corrected chi connectivity index (χ3v) is 5.62. The van der Waals surface area contributed by atoms with Gasteiger partial charge in [-0.15, -0.1) is 23.7 Å². The number of thiophene rings is 1. The monoisotopic (exact) mass is 386 g/mol. The second-order valence-electron chi connectivity index (χ2n) is 6.13. The molecule has 0 spiro atoms. The number of nitrogens with one attached hydrogen (secondary N) is 2. The van der Waals surface area contributed by atoms with E-state index < -0.39 is 0 Å². The van der Waals surface area contributed by atoms with Crippen molar-refractivity contribution in [3.8, 4) is 16.9 Å². The lowest BCUT2D eigenvalue weighted by atomic mass is 9.96. The molecule has 0 fully saturated rings. The lowest BCUT2D eigenvalue weighted by molar-refractivity contribution is 0.478. The molecule has 0 aliphatic heterocycles. The molecular formula is C20H19ClN2O2S. The molecule has 1 atom stereocenters. The SMILES string of the molecule is CNC(C)c1ccc(-c2c(O)ccc3[nH]c(=O)c4sccc4c23)cc1.Cl. The molecule has 0 aliphatic rings. The van der Waals surface area contributed by atoms with Gasteiger partial charge in [-0.1, -0.05) is 24.3 Å². The Labute approximate surface area is 160 Å². The highest BCUT2D eigenvalue weighted by Crippen LogP contribution is 2.39. The minimum atomic E-state index is -0.0904. The molecule has 4 nitrogen and oxygen atoms in total. The van der Waals surface area contributed by atoms with Crippen LogP contribution in [-0.2, 0) is 0 Å². The van der Waals surface area contributed by atoms with Gasteiger partial charge in [-0.25, -0.2) is 0 Å². The molecular weight excluding hydrogens is 368 g/mol. The number of pyridine rings is 1. The molecule has 1 unspecified atom stereocenters. The zero-order valence-electron chi connectivity index (χ0n) is 14.4. The van der Waals surface area contributed by atoms with Crippen LogP contribution in [0.1, 0.15) is 18.5 Å². The molecule has 26 heavy (non-hydrogen) atoms. The second kappa shape index (κ2) is 7.11. The highest BCUT2D eigenvalue weighted by Gasteiger charge is 2.15. The van der Waals surface area contributed by atoms with Crippen molar-refractivity contribution >= 4 is 44.7 Å². The second-order valence-corrected chi connectivity index (χ2v) is 7.05. The van der Waals surface area contributed by atoms with Crippen LogP contribution in [0.5, 0.6) is 5.75 Å². The number of phenolic OH excluding ortho intramolecular Hbond substituents is 1. The predicted octanol–water partition coefficient (Wildman–Crippen LogP) is 4.82. The number of aromatic hydroxyl groups is 1. The van der Waals surface area contributed by atoms with E-state index in [0.29, 0.717) is 4.70 Å². The third-order valence-electron chi connectivity index (χ3n) is 4.70. The number of rotatable bonds is 3. The molecule has 134 valence electrons. The van der Waals surface area contributed by atoms with E-state index in [9.17, 15) is 9.90 Å². The average Bonchev–Trinajstić information content (AvgIpc) is 3.12. The van der Waals surface area contributed by atoms with Crippen molar-refractivity contribution in [2.45, 2.75) is 13.0 Å². The Kier molecular flexibility index (Phi) is 5.05. The van der Waals surface area contributed by atoms with E-state index in [0.717, 1.165) is 27.4 Å². The first-order chi connectivity index (χ1) is 12.1. The molecule has 0 bridgehead atoms. The normalized spacial score (nSPS) is 12.2. The first kappa shape index (κ1) is 18.5. The van der Waals surface area contributed by atoms with Gasteiger partial charge in [0, 0.05) is 27.9 Å². The van der Waals surface area contributed by atoms with Gasteiger partial charge in [0.15, 0.2) is 0 Å². The average molecular weight is 387 g/mol. The molecule has 4 aromatic rings. The molecule has 3 N–H and O–H groups in total. The summed E-state index contributed by atoms with van der Waals surface area (Å²) >= 11 is 1.41. The number of hydrogen-bond donors (Lipinski definition) is 3. The van der Waals surface area contributed by atoms with E-state index in [1.54, 1.807) is 12.1 Å². The highest BCUT2D eigenvalue weighted by atomic mass is 35.5. The van der Waals surface area contributed by atoms with Crippen molar-refractivity contribution in [1.82, 2.24) is 10.3 Å². The Morgan fingerprint density at radius 3 is 2.54 bits per heavy atom. The van der Waals surface area contributed by atoms with Crippen molar-refractivity contribution in [2.75, 3.05) is 7.05 Å². The summed E-state index contributed by atoms with van der Waals surface area (Å²) in [7, 11) is 1.93. The zero-order chi connectivity index (χ0) is 17.6. The van der Waals surface area contributed by atoms with E-state index in [2.05, 4.69) is 29.4 Å². The van der Waals surface area contributed by atoms with Crippen molar-refractivity contribution in [3.05, 3.63) is 63.8 Å². The fourth-order valence-corrected chi connectivity index (χ4v) is 4.03. The number of fused-ring (bicyclic) bond motifs is 3. The molecule has 2 aromatic heterocycles. The van der Waals surface area contributed by atoms with Crippen molar-refractivity contribution in [3.63, 3.8) is 0 Å². The van der Waals surface area contributed by atoms with Crippen LogP contribution in [0.3, 0.4) is 0 Å². The smallest absolute Gasteiger partial charge is 0.266 e. The number of H-pyrrole nitrogens is 1.